The molecule has 4 aromatic heterocycles. The van der Waals surface area contributed by atoms with Gasteiger partial charge < -0.3 is 39.2 Å². The molecule has 0 atom stereocenters. The fraction of sp³-hybridized carbons (Fsp3) is 0. The minimum Gasteiger partial charge on any atom is -0.822 e. The third kappa shape index (κ3) is 40.8. The van der Waals surface area contributed by atoms with E-state index in [2.05, 4.69) is 19.9 Å². The molecule has 0 radical (unpaired) electrons. The van der Waals surface area contributed by atoms with Crippen LogP contribution in [0.2, 0.25) is 0 Å². The first-order valence-corrected chi connectivity index (χ1v) is 8.50. The van der Waals surface area contributed by atoms with Gasteiger partial charge in [-0.25, -0.2) is 0 Å². The van der Waals surface area contributed by atoms with E-state index in [9.17, 15) is 0 Å². The molecule has 12 heteroatoms. The first kappa shape index (κ1) is 35.7. The summed E-state index contributed by atoms with van der Waals surface area (Å²) >= 11 is 0. The Bertz CT molecular complexity index is 506. The molecule has 4 N–H and O–H groups in total. The number of phosphoric acid groups is 1. The van der Waals surface area contributed by atoms with Crippen LogP contribution in [0, 0.1) is 0 Å². The van der Waals surface area contributed by atoms with Crippen LogP contribution >= 0.6 is 7.82 Å². The molecule has 4 heterocycles. The van der Waals surface area contributed by atoms with E-state index < -0.39 is 7.82 Å². The monoisotopic (exact) mass is 432 g/mol. The predicted molar refractivity (Wildman–Crippen MR) is 90.8 cm³/mol. The molecule has 0 amide bonds. The molecule has 0 bridgehead atoms. The molecule has 0 aliphatic carbocycles. The van der Waals surface area contributed by atoms with E-state index in [1.54, 1.807) is 0 Å². The van der Waals surface area contributed by atoms with Gasteiger partial charge in [-0.15, -0.1) is 0 Å². The molecular formula is C16H20N4Na3O4P. The second kappa shape index (κ2) is 27.2. The maximum Gasteiger partial charge on any atom is 1.00 e. The molecular weight excluding hydrogens is 412 g/mol. The number of nitrogens with one attached hydrogen (secondary N) is 4. The van der Waals surface area contributed by atoms with Crippen molar-refractivity contribution in [2.24, 2.45) is 0 Å². The van der Waals surface area contributed by atoms with Crippen LogP contribution < -0.4 is 103 Å². The number of rotatable bonds is 0. The topological polar surface area (TPSA) is 149 Å². The van der Waals surface area contributed by atoms with Gasteiger partial charge in [-0.05, 0) is 48.5 Å². The first-order chi connectivity index (χ1) is 12.0. The van der Waals surface area contributed by atoms with Crippen molar-refractivity contribution in [1.82, 2.24) is 19.9 Å². The SMILES string of the molecule is O=P([O-])([O-])[O-].[Na+].[Na+].[Na+].c1cc[nH]c1.c1cc[nH]c1.c1cc[nH]c1.c1cc[nH]c1. The molecule has 28 heavy (non-hydrogen) atoms. The number of H-pyrrole nitrogens is 4. The van der Waals surface area contributed by atoms with E-state index in [0.717, 1.165) is 0 Å². The van der Waals surface area contributed by atoms with Crippen LogP contribution in [0.15, 0.2) is 98.1 Å². The molecule has 0 aromatic carbocycles. The van der Waals surface area contributed by atoms with Crippen LogP contribution in [0.5, 0.6) is 0 Å². The Labute approximate surface area is 231 Å². The standard InChI is InChI=1S/4C4H5N.3Na.H3O4P/c4*1-2-4-5-3-1;;;;1-5(2,3)4/h4*1-5H;;;;(H3,1,2,3,4)/q;;;;3*+1;/p-3. The zero-order valence-corrected chi connectivity index (χ0v) is 23.2. The van der Waals surface area contributed by atoms with Crippen molar-refractivity contribution in [3.8, 4) is 0 Å². The van der Waals surface area contributed by atoms with E-state index in [1.807, 2.05) is 98.1 Å². The Morgan fingerprint density at radius 1 is 0.429 bits per heavy atom. The summed E-state index contributed by atoms with van der Waals surface area (Å²) in [6.45, 7) is 0. The third-order valence-corrected chi connectivity index (χ3v) is 1.98. The largest absolute Gasteiger partial charge is 1.00 e. The van der Waals surface area contributed by atoms with Crippen molar-refractivity contribution in [1.29, 1.82) is 0 Å². The molecule has 0 spiro atoms. The summed E-state index contributed by atoms with van der Waals surface area (Å²) < 4.78 is 8.55. The van der Waals surface area contributed by atoms with E-state index in [-0.39, 0.29) is 88.7 Å². The summed E-state index contributed by atoms with van der Waals surface area (Å²) in [6, 6.07) is 15.6. The van der Waals surface area contributed by atoms with Crippen LogP contribution in [-0.2, 0) is 4.57 Å². The van der Waals surface area contributed by atoms with Crippen molar-refractivity contribution < 1.29 is 108 Å². The van der Waals surface area contributed by atoms with Crippen molar-refractivity contribution in [3.63, 3.8) is 0 Å². The Balaban J connectivity index is -0.000000125. The van der Waals surface area contributed by atoms with Crippen LogP contribution in [-0.4, -0.2) is 19.9 Å². The van der Waals surface area contributed by atoms with Gasteiger partial charge in [0.25, 0.3) is 0 Å². The number of hydrogen-bond donors (Lipinski definition) is 4. The van der Waals surface area contributed by atoms with E-state index >= 15 is 0 Å². The normalized spacial score (nSPS) is 7.82. The zero-order chi connectivity index (χ0) is 18.6. The fourth-order valence-corrected chi connectivity index (χ4v) is 1.11. The van der Waals surface area contributed by atoms with Crippen LogP contribution in [0.25, 0.3) is 0 Å². The molecule has 0 aliphatic rings. The minimum absolute atomic E-state index is 0. The molecule has 8 nitrogen and oxygen atoms in total. The van der Waals surface area contributed by atoms with Crippen molar-refractivity contribution in [2.45, 2.75) is 0 Å². The molecule has 0 aliphatic heterocycles. The summed E-state index contributed by atoms with van der Waals surface area (Å²) in [6.07, 6.45) is 15.0. The molecule has 0 saturated carbocycles. The van der Waals surface area contributed by atoms with Gasteiger partial charge >= 0.3 is 88.7 Å². The van der Waals surface area contributed by atoms with Gasteiger partial charge in [-0.1, -0.05) is 0 Å². The fourth-order valence-electron chi connectivity index (χ4n) is 1.11. The quantitative estimate of drug-likeness (QED) is 0.161. The maximum absolute atomic E-state index is 8.55. The van der Waals surface area contributed by atoms with E-state index in [0.29, 0.717) is 0 Å². The van der Waals surface area contributed by atoms with Crippen molar-refractivity contribution in [3.05, 3.63) is 98.1 Å². The van der Waals surface area contributed by atoms with Crippen LogP contribution in [0.1, 0.15) is 0 Å². The summed E-state index contributed by atoms with van der Waals surface area (Å²) in [5.74, 6) is 0. The Morgan fingerprint density at radius 2 is 0.536 bits per heavy atom. The van der Waals surface area contributed by atoms with Gasteiger partial charge in [0.1, 0.15) is 0 Å². The Hall–Kier alpha value is 0.230. The molecule has 136 valence electrons. The molecule has 0 saturated heterocycles. The average molecular weight is 432 g/mol. The summed E-state index contributed by atoms with van der Waals surface area (Å²) in [7, 11) is -5.39. The van der Waals surface area contributed by atoms with Crippen LogP contribution in [0.4, 0.5) is 0 Å². The van der Waals surface area contributed by atoms with E-state index in [4.69, 9.17) is 19.2 Å². The summed E-state index contributed by atoms with van der Waals surface area (Å²) in [5, 5.41) is 0. The van der Waals surface area contributed by atoms with Gasteiger partial charge in [-0.3, -0.25) is 0 Å². The first-order valence-electron chi connectivity index (χ1n) is 7.04. The summed E-state index contributed by atoms with van der Waals surface area (Å²) in [5.41, 5.74) is 0. The van der Waals surface area contributed by atoms with Gasteiger partial charge in [-0.2, -0.15) is 7.82 Å². The molecule has 0 unspecified atom stereocenters. The Morgan fingerprint density at radius 3 is 0.571 bits per heavy atom. The van der Waals surface area contributed by atoms with Gasteiger partial charge in [0, 0.05) is 49.6 Å². The molecule has 4 aromatic rings. The van der Waals surface area contributed by atoms with Crippen molar-refractivity contribution in [2.75, 3.05) is 0 Å². The zero-order valence-electron chi connectivity index (χ0n) is 16.3. The third-order valence-electron chi connectivity index (χ3n) is 1.98. The Kier molecular flexibility index (Phi) is 34.7. The van der Waals surface area contributed by atoms with Gasteiger partial charge in [0.05, 0.1) is 0 Å². The van der Waals surface area contributed by atoms with Crippen LogP contribution in [0.3, 0.4) is 0 Å². The smallest absolute Gasteiger partial charge is 0.822 e. The minimum atomic E-state index is -5.39. The second-order valence-corrected chi connectivity index (χ2v) is 4.88. The van der Waals surface area contributed by atoms with Gasteiger partial charge in [0.2, 0.25) is 0 Å². The second-order valence-electron chi connectivity index (χ2n) is 3.99. The van der Waals surface area contributed by atoms with Gasteiger partial charge in [0.15, 0.2) is 0 Å². The predicted octanol–water partition coefficient (Wildman–Crippen LogP) is -7.75. The van der Waals surface area contributed by atoms with Crippen molar-refractivity contribution >= 4 is 7.82 Å². The molecule has 0 fully saturated rings. The summed E-state index contributed by atoms with van der Waals surface area (Å²) in [4.78, 5) is 37.1. The number of aromatic amines is 4. The maximum atomic E-state index is 8.55. The molecule has 4 rings (SSSR count). The average Bonchev–Trinajstić information content (AvgIpc) is 3.46. The van der Waals surface area contributed by atoms with E-state index in [1.165, 1.54) is 0 Å². The number of hydrogen-bond acceptors (Lipinski definition) is 4. The number of aromatic nitrogens is 4.